The Bertz CT molecular complexity index is 1350. The average Bonchev–Trinajstić information content (AvgIpc) is 3.51. The Morgan fingerprint density at radius 1 is 1.08 bits per heavy atom. The van der Waals surface area contributed by atoms with Crippen LogP contribution in [-0.2, 0) is 6.42 Å². The molecule has 10 heteroatoms. The van der Waals surface area contributed by atoms with E-state index in [1.807, 2.05) is 25.3 Å². The van der Waals surface area contributed by atoms with E-state index >= 15 is 0 Å². The van der Waals surface area contributed by atoms with Crippen molar-refractivity contribution in [1.29, 1.82) is 0 Å². The maximum Gasteiger partial charge on any atom is 0.323 e. The van der Waals surface area contributed by atoms with Crippen LogP contribution in [0.25, 0.3) is 10.4 Å². The molecular formula is C26H25F2N5O2S. The van der Waals surface area contributed by atoms with Crippen molar-refractivity contribution >= 4 is 28.7 Å². The van der Waals surface area contributed by atoms with Crippen molar-refractivity contribution in [1.82, 2.24) is 15.1 Å². The summed E-state index contributed by atoms with van der Waals surface area (Å²) in [6.45, 7) is 1.84. The Morgan fingerprint density at radius 3 is 2.56 bits per heavy atom. The number of urea groups is 1. The summed E-state index contributed by atoms with van der Waals surface area (Å²) in [6, 6.07) is 9.74. The summed E-state index contributed by atoms with van der Waals surface area (Å²) in [5.41, 5.74) is 1.47. The van der Waals surface area contributed by atoms with Crippen molar-refractivity contribution in [3.8, 4) is 10.4 Å². The molecule has 0 atom stereocenters. The largest absolute Gasteiger partial charge is 0.339 e. The third kappa shape index (κ3) is 5.76. The maximum absolute atomic E-state index is 13.7. The number of hydrogen-bond donors (Lipinski definition) is 2. The van der Waals surface area contributed by atoms with Crippen LogP contribution in [0.5, 0.6) is 0 Å². The smallest absolute Gasteiger partial charge is 0.323 e. The maximum atomic E-state index is 13.7. The van der Waals surface area contributed by atoms with Crippen molar-refractivity contribution in [3.05, 3.63) is 77.0 Å². The number of halogens is 2. The van der Waals surface area contributed by atoms with E-state index in [0.29, 0.717) is 23.3 Å². The van der Waals surface area contributed by atoms with Gasteiger partial charge in [-0.25, -0.2) is 18.6 Å². The summed E-state index contributed by atoms with van der Waals surface area (Å²) in [6.07, 6.45) is 7.17. The topological polar surface area (TPSA) is 92.9 Å². The molecule has 0 spiro atoms. The molecule has 1 aliphatic rings. The van der Waals surface area contributed by atoms with Gasteiger partial charge in [-0.05, 0) is 68.4 Å². The molecule has 4 aromatic rings. The molecule has 1 aliphatic carbocycles. The first-order valence-corrected chi connectivity index (χ1v) is 12.6. The van der Waals surface area contributed by atoms with Crippen molar-refractivity contribution in [2.45, 2.75) is 44.9 Å². The third-order valence-electron chi connectivity index (χ3n) is 6.36. The number of nitrogens with zero attached hydrogens (tertiary/aromatic N) is 3. The van der Waals surface area contributed by atoms with Gasteiger partial charge >= 0.3 is 6.03 Å². The number of aromatic nitrogens is 3. The van der Waals surface area contributed by atoms with Gasteiger partial charge in [0.15, 0.2) is 5.82 Å². The number of thiazole rings is 1. The van der Waals surface area contributed by atoms with Gasteiger partial charge in [0.1, 0.15) is 11.6 Å². The molecule has 5 rings (SSSR count). The number of aryl methyl sites for hydroxylation is 1. The molecule has 0 radical (unpaired) electrons. The number of carbonyl (C=O) groups excluding carboxylic acids is 1. The van der Waals surface area contributed by atoms with Gasteiger partial charge < -0.3 is 15.2 Å². The van der Waals surface area contributed by atoms with Gasteiger partial charge in [-0.15, -0.1) is 11.3 Å². The van der Waals surface area contributed by atoms with Crippen LogP contribution >= 0.6 is 11.3 Å². The summed E-state index contributed by atoms with van der Waals surface area (Å²) < 4.78 is 32.0. The summed E-state index contributed by atoms with van der Waals surface area (Å²) in [4.78, 5) is 22.3. The fourth-order valence-electron chi connectivity index (χ4n) is 4.49. The highest BCUT2D eigenvalue weighted by Gasteiger charge is 2.26. The van der Waals surface area contributed by atoms with Crippen LogP contribution < -0.4 is 10.6 Å². The lowest BCUT2D eigenvalue weighted by Crippen LogP contribution is -2.20. The Kier molecular flexibility index (Phi) is 7.04. The molecule has 0 bridgehead atoms. The molecule has 36 heavy (non-hydrogen) atoms. The minimum Gasteiger partial charge on any atom is -0.339 e. The summed E-state index contributed by atoms with van der Waals surface area (Å²) in [5.74, 6) is 0.894. The lowest BCUT2D eigenvalue weighted by atomic mass is 9.81. The SMILES string of the molecule is Cc1noc(CC2CCC(c3ncc(-c4ccc(NC(=O)Nc5ccc(F)cc5F)cc4)s3)CC2)n1. The Balaban J connectivity index is 1.14. The molecule has 1 fully saturated rings. The molecule has 2 aromatic heterocycles. The minimum atomic E-state index is -0.836. The number of anilines is 2. The molecule has 0 aliphatic heterocycles. The van der Waals surface area contributed by atoms with Crippen molar-refractivity contribution < 1.29 is 18.1 Å². The zero-order valence-electron chi connectivity index (χ0n) is 19.6. The number of amides is 2. The first-order valence-electron chi connectivity index (χ1n) is 11.8. The molecule has 2 aromatic carbocycles. The van der Waals surface area contributed by atoms with Crippen molar-refractivity contribution in [3.63, 3.8) is 0 Å². The molecule has 2 heterocycles. The van der Waals surface area contributed by atoms with E-state index in [2.05, 4.69) is 20.8 Å². The second-order valence-electron chi connectivity index (χ2n) is 9.00. The van der Waals surface area contributed by atoms with Gasteiger partial charge in [-0.3, -0.25) is 0 Å². The molecule has 7 nitrogen and oxygen atoms in total. The minimum absolute atomic E-state index is 0.0959. The Labute approximate surface area is 211 Å². The third-order valence-corrected chi connectivity index (χ3v) is 7.57. The molecule has 186 valence electrons. The molecule has 1 saturated carbocycles. The molecule has 0 unspecified atom stereocenters. The van der Waals surface area contributed by atoms with Gasteiger partial charge in [0.05, 0.1) is 15.6 Å². The average molecular weight is 510 g/mol. The standard InChI is InChI=1S/C26H25F2N5O2S/c1-15-30-24(35-33-15)12-16-2-4-18(5-3-16)25-29-14-23(36-25)17-6-9-20(10-7-17)31-26(34)32-22-11-8-19(27)13-21(22)28/h6-11,13-14,16,18H,2-5,12H2,1H3,(H2,31,32,34). The number of hydrogen-bond acceptors (Lipinski definition) is 6. The van der Waals surface area contributed by atoms with Crippen molar-refractivity contribution in [2.24, 2.45) is 5.92 Å². The summed E-state index contributed by atoms with van der Waals surface area (Å²) in [5, 5.41) is 10.1. The predicted molar refractivity (Wildman–Crippen MR) is 134 cm³/mol. The van der Waals surface area contributed by atoms with Gasteiger partial charge in [0.25, 0.3) is 0 Å². The summed E-state index contributed by atoms with van der Waals surface area (Å²) in [7, 11) is 0. The zero-order chi connectivity index (χ0) is 25.1. The molecule has 2 N–H and O–H groups in total. The van der Waals surface area contributed by atoms with Crippen molar-refractivity contribution in [2.75, 3.05) is 10.6 Å². The van der Waals surface area contributed by atoms with Crippen LogP contribution in [0.3, 0.4) is 0 Å². The Hall–Kier alpha value is -3.66. The fourth-order valence-corrected chi connectivity index (χ4v) is 5.58. The van der Waals surface area contributed by atoms with Crippen LogP contribution in [0.15, 0.2) is 53.2 Å². The Morgan fingerprint density at radius 2 is 1.86 bits per heavy atom. The highest BCUT2D eigenvalue weighted by molar-refractivity contribution is 7.15. The van der Waals surface area contributed by atoms with Gasteiger partial charge in [-0.2, -0.15) is 4.98 Å². The number of carbonyl (C=O) groups is 1. The van der Waals surface area contributed by atoms with E-state index in [1.165, 1.54) is 6.07 Å². The fraction of sp³-hybridized carbons (Fsp3) is 0.308. The number of rotatable bonds is 6. The normalized spacial score (nSPS) is 17.6. The van der Waals surface area contributed by atoms with Gasteiger partial charge in [0.2, 0.25) is 5.89 Å². The van der Waals surface area contributed by atoms with E-state index in [4.69, 9.17) is 9.51 Å². The van der Waals surface area contributed by atoms with Crippen LogP contribution in [0, 0.1) is 24.5 Å². The lowest BCUT2D eigenvalue weighted by molar-refractivity contribution is 0.262. The molecule has 2 amide bonds. The van der Waals surface area contributed by atoms with E-state index in [9.17, 15) is 13.6 Å². The predicted octanol–water partition coefficient (Wildman–Crippen LogP) is 6.94. The second kappa shape index (κ2) is 10.5. The first-order chi connectivity index (χ1) is 17.4. The van der Waals surface area contributed by atoms with Gasteiger partial charge in [-0.1, -0.05) is 17.3 Å². The van der Waals surface area contributed by atoms with Crippen LogP contribution in [0.4, 0.5) is 25.0 Å². The molecular weight excluding hydrogens is 484 g/mol. The van der Waals surface area contributed by atoms with E-state index in [1.54, 1.807) is 23.5 Å². The lowest BCUT2D eigenvalue weighted by Gasteiger charge is -2.26. The first kappa shape index (κ1) is 24.1. The molecule has 0 saturated heterocycles. The van der Waals surface area contributed by atoms with Crippen LogP contribution in [0.1, 0.15) is 48.3 Å². The second-order valence-corrected chi connectivity index (χ2v) is 10.1. The number of benzene rings is 2. The van der Waals surface area contributed by atoms with E-state index in [0.717, 1.165) is 65.6 Å². The summed E-state index contributed by atoms with van der Waals surface area (Å²) >= 11 is 1.70. The quantitative estimate of drug-likeness (QED) is 0.294. The van der Waals surface area contributed by atoms with Crippen LogP contribution in [-0.4, -0.2) is 21.2 Å². The zero-order valence-corrected chi connectivity index (χ0v) is 20.4. The van der Waals surface area contributed by atoms with E-state index in [-0.39, 0.29) is 5.69 Å². The highest BCUT2D eigenvalue weighted by Crippen LogP contribution is 2.40. The van der Waals surface area contributed by atoms with Crippen LogP contribution in [0.2, 0.25) is 0 Å². The highest BCUT2D eigenvalue weighted by atomic mass is 32.1. The van der Waals surface area contributed by atoms with E-state index < -0.39 is 17.7 Å². The number of nitrogens with one attached hydrogen (secondary N) is 2. The van der Waals surface area contributed by atoms with Gasteiger partial charge in [0, 0.05) is 30.3 Å². The monoisotopic (exact) mass is 509 g/mol.